The number of aryl methyl sites for hydroxylation is 1. The number of ether oxygens (including phenoxy) is 2. The molecule has 0 unspecified atom stereocenters. The molecule has 0 saturated carbocycles. The Labute approximate surface area is 114 Å². The number of nitrogens with one attached hydrogen (secondary N) is 1. The van der Waals surface area contributed by atoms with Gasteiger partial charge in [0.25, 0.3) is 0 Å². The van der Waals surface area contributed by atoms with Crippen LogP contribution in [0.4, 0.5) is 0 Å². The van der Waals surface area contributed by atoms with Gasteiger partial charge in [-0.3, -0.25) is 0 Å². The number of hydrogen-bond acceptors (Lipinski definition) is 3. The fourth-order valence-electron chi connectivity index (χ4n) is 1.75. The molecule has 1 heterocycles. The normalized spacial score (nSPS) is 10.4. The minimum atomic E-state index is 0.699. The van der Waals surface area contributed by atoms with Crippen LogP contribution in [0.2, 0.25) is 0 Å². The number of rotatable bonds is 4. The number of H-pyrrole nitrogens is 1. The van der Waals surface area contributed by atoms with Gasteiger partial charge in [0.2, 0.25) is 0 Å². The van der Waals surface area contributed by atoms with Crippen molar-refractivity contribution in [3.8, 4) is 22.9 Å². The Balaban J connectivity index is 2.44. The molecule has 2 rings (SSSR count). The number of alkyl halides is 1. The van der Waals surface area contributed by atoms with Crippen LogP contribution in [0.5, 0.6) is 11.5 Å². The third-order valence-electron chi connectivity index (χ3n) is 2.77. The zero-order chi connectivity index (χ0) is 13.1. The summed E-state index contributed by atoms with van der Waals surface area (Å²) in [5, 5.41) is 0.739. The van der Waals surface area contributed by atoms with Gasteiger partial charge in [-0.15, -0.1) is 0 Å². The number of halogens is 1. The van der Waals surface area contributed by atoms with E-state index in [9.17, 15) is 0 Å². The summed E-state index contributed by atoms with van der Waals surface area (Å²) >= 11 is 3.42. The maximum absolute atomic E-state index is 5.29. The molecule has 0 aliphatic heterocycles. The molecule has 0 atom stereocenters. The van der Waals surface area contributed by atoms with E-state index >= 15 is 0 Å². The van der Waals surface area contributed by atoms with Crippen LogP contribution in [0.25, 0.3) is 11.4 Å². The van der Waals surface area contributed by atoms with Crippen LogP contribution in [0, 0.1) is 6.92 Å². The highest BCUT2D eigenvalue weighted by molar-refractivity contribution is 9.08. The second kappa shape index (κ2) is 5.44. The molecule has 4 nitrogen and oxygen atoms in total. The molecule has 0 bridgehead atoms. The largest absolute Gasteiger partial charge is 0.493 e. The Morgan fingerprint density at radius 1 is 1.22 bits per heavy atom. The number of methoxy groups -OCH3 is 2. The van der Waals surface area contributed by atoms with Crippen LogP contribution in [0.3, 0.4) is 0 Å². The first kappa shape index (κ1) is 13.0. The van der Waals surface area contributed by atoms with Gasteiger partial charge >= 0.3 is 0 Å². The van der Waals surface area contributed by atoms with E-state index in [1.807, 2.05) is 25.1 Å². The van der Waals surface area contributed by atoms with Gasteiger partial charge in [-0.25, -0.2) is 4.98 Å². The van der Waals surface area contributed by atoms with Crippen LogP contribution in [0.1, 0.15) is 11.4 Å². The van der Waals surface area contributed by atoms with Crippen molar-refractivity contribution >= 4 is 15.9 Å². The van der Waals surface area contributed by atoms with Gasteiger partial charge in [0.15, 0.2) is 11.5 Å². The number of benzene rings is 1. The number of aromatic nitrogens is 2. The lowest BCUT2D eigenvalue weighted by Gasteiger charge is -2.08. The first-order valence-corrected chi connectivity index (χ1v) is 6.65. The van der Waals surface area contributed by atoms with Gasteiger partial charge in [-0.05, 0) is 25.1 Å². The molecule has 0 spiro atoms. The minimum absolute atomic E-state index is 0.699. The topological polar surface area (TPSA) is 47.1 Å². The molecule has 18 heavy (non-hydrogen) atoms. The standard InChI is InChI=1S/C13H15BrN2O2/c1-8-10(7-14)16-13(15-8)9-4-5-11(17-2)12(6-9)18-3/h4-6H,7H2,1-3H3,(H,15,16). The van der Waals surface area contributed by atoms with Crippen LogP contribution in [0.15, 0.2) is 18.2 Å². The molecule has 0 amide bonds. The Bertz CT molecular complexity index is 552. The Hall–Kier alpha value is -1.49. The summed E-state index contributed by atoms with van der Waals surface area (Å²) in [6.07, 6.45) is 0. The smallest absolute Gasteiger partial charge is 0.161 e. The fraction of sp³-hybridized carbons (Fsp3) is 0.308. The Kier molecular flexibility index (Phi) is 3.91. The third kappa shape index (κ3) is 2.36. The maximum atomic E-state index is 5.29. The zero-order valence-corrected chi connectivity index (χ0v) is 12.2. The van der Waals surface area contributed by atoms with E-state index in [1.54, 1.807) is 14.2 Å². The molecule has 0 aliphatic carbocycles. The molecule has 0 fully saturated rings. The van der Waals surface area contributed by atoms with Crippen molar-refractivity contribution in [3.63, 3.8) is 0 Å². The number of hydrogen-bond donors (Lipinski definition) is 1. The summed E-state index contributed by atoms with van der Waals surface area (Å²) < 4.78 is 10.5. The third-order valence-corrected chi connectivity index (χ3v) is 3.30. The van der Waals surface area contributed by atoms with Crippen molar-refractivity contribution in [2.75, 3.05) is 14.2 Å². The molecular weight excluding hydrogens is 296 g/mol. The van der Waals surface area contributed by atoms with Crippen molar-refractivity contribution < 1.29 is 9.47 Å². The monoisotopic (exact) mass is 310 g/mol. The Morgan fingerprint density at radius 2 is 1.94 bits per heavy atom. The van der Waals surface area contributed by atoms with E-state index in [0.29, 0.717) is 11.5 Å². The molecule has 0 radical (unpaired) electrons. The fourth-order valence-corrected chi connectivity index (χ4v) is 2.29. The van der Waals surface area contributed by atoms with E-state index in [4.69, 9.17) is 9.47 Å². The first-order valence-electron chi connectivity index (χ1n) is 5.53. The van der Waals surface area contributed by atoms with Gasteiger partial charge < -0.3 is 14.5 Å². The molecule has 2 aromatic rings. The van der Waals surface area contributed by atoms with Gasteiger partial charge in [-0.2, -0.15) is 0 Å². The van der Waals surface area contributed by atoms with Gasteiger partial charge in [0.1, 0.15) is 5.82 Å². The van der Waals surface area contributed by atoms with Crippen molar-refractivity contribution in [1.29, 1.82) is 0 Å². The number of imidazole rings is 1. The van der Waals surface area contributed by atoms with Gasteiger partial charge in [0, 0.05) is 16.6 Å². The van der Waals surface area contributed by atoms with E-state index in [0.717, 1.165) is 28.1 Å². The second-order valence-electron chi connectivity index (χ2n) is 3.86. The predicted octanol–water partition coefficient (Wildman–Crippen LogP) is 3.30. The van der Waals surface area contributed by atoms with Crippen LogP contribution in [-0.4, -0.2) is 24.2 Å². The summed E-state index contributed by atoms with van der Waals surface area (Å²) in [5.74, 6) is 2.25. The van der Waals surface area contributed by atoms with Crippen LogP contribution in [-0.2, 0) is 5.33 Å². The maximum Gasteiger partial charge on any atom is 0.161 e. The van der Waals surface area contributed by atoms with E-state index in [-0.39, 0.29) is 0 Å². The van der Waals surface area contributed by atoms with Crippen molar-refractivity contribution in [2.24, 2.45) is 0 Å². The summed E-state index contributed by atoms with van der Waals surface area (Å²) in [5.41, 5.74) is 3.05. The molecule has 96 valence electrons. The van der Waals surface area contributed by atoms with Gasteiger partial charge in [-0.1, -0.05) is 15.9 Å². The summed E-state index contributed by atoms with van der Waals surface area (Å²) in [7, 11) is 3.25. The quantitative estimate of drug-likeness (QED) is 0.881. The zero-order valence-electron chi connectivity index (χ0n) is 10.6. The molecule has 1 aromatic heterocycles. The van der Waals surface area contributed by atoms with E-state index < -0.39 is 0 Å². The molecule has 5 heteroatoms. The second-order valence-corrected chi connectivity index (χ2v) is 4.42. The summed E-state index contributed by atoms with van der Waals surface area (Å²) in [6, 6.07) is 5.74. The lowest BCUT2D eigenvalue weighted by atomic mass is 10.2. The molecular formula is C13H15BrN2O2. The highest BCUT2D eigenvalue weighted by Crippen LogP contribution is 2.31. The van der Waals surface area contributed by atoms with Crippen molar-refractivity contribution in [2.45, 2.75) is 12.3 Å². The van der Waals surface area contributed by atoms with E-state index in [1.165, 1.54) is 0 Å². The van der Waals surface area contributed by atoms with Crippen LogP contribution < -0.4 is 9.47 Å². The molecule has 1 aromatic carbocycles. The molecule has 0 aliphatic rings. The molecule has 1 N–H and O–H groups in total. The first-order chi connectivity index (χ1) is 8.69. The van der Waals surface area contributed by atoms with Crippen LogP contribution >= 0.6 is 15.9 Å². The average molecular weight is 311 g/mol. The van der Waals surface area contributed by atoms with Crippen molar-refractivity contribution in [1.82, 2.24) is 9.97 Å². The Morgan fingerprint density at radius 3 is 2.50 bits per heavy atom. The lowest BCUT2D eigenvalue weighted by Crippen LogP contribution is -1.91. The number of nitrogens with zero attached hydrogens (tertiary/aromatic N) is 1. The van der Waals surface area contributed by atoms with Gasteiger partial charge in [0.05, 0.1) is 19.9 Å². The SMILES string of the molecule is COc1ccc(-c2nc(CBr)c(C)[nH]2)cc1OC. The molecule has 0 saturated heterocycles. The average Bonchev–Trinajstić information content (AvgIpc) is 2.79. The van der Waals surface area contributed by atoms with Crippen molar-refractivity contribution in [3.05, 3.63) is 29.6 Å². The highest BCUT2D eigenvalue weighted by Gasteiger charge is 2.10. The predicted molar refractivity (Wildman–Crippen MR) is 74.5 cm³/mol. The minimum Gasteiger partial charge on any atom is -0.493 e. The summed E-state index contributed by atoms with van der Waals surface area (Å²) in [6.45, 7) is 2.01. The van der Waals surface area contributed by atoms with E-state index in [2.05, 4.69) is 25.9 Å². The summed E-state index contributed by atoms with van der Waals surface area (Å²) in [4.78, 5) is 7.79. The lowest BCUT2D eigenvalue weighted by molar-refractivity contribution is 0.355. The highest BCUT2D eigenvalue weighted by atomic mass is 79.9. The number of aromatic amines is 1.